The second-order valence-corrected chi connectivity index (χ2v) is 7.35. The van der Waals surface area contributed by atoms with Crippen LogP contribution in [-0.4, -0.2) is 53.8 Å². The van der Waals surface area contributed by atoms with Gasteiger partial charge in [0.15, 0.2) is 0 Å². The molecule has 2 aliphatic heterocycles. The monoisotopic (exact) mass is 343 g/mol. The van der Waals surface area contributed by atoms with Crippen LogP contribution in [-0.2, 0) is 16.1 Å². The number of amides is 2. The van der Waals surface area contributed by atoms with Gasteiger partial charge < -0.3 is 10.2 Å². The van der Waals surface area contributed by atoms with Gasteiger partial charge in [-0.25, -0.2) is 0 Å². The molecule has 5 nitrogen and oxygen atoms in total. The molecule has 0 aliphatic carbocycles. The molecule has 1 N–H and O–H groups in total. The molecule has 0 saturated carbocycles. The van der Waals surface area contributed by atoms with Crippen molar-refractivity contribution in [1.29, 1.82) is 0 Å². The van der Waals surface area contributed by atoms with Crippen molar-refractivity contribution < 1.29 is 9.59 Å². The summed E-state index contributed by atoms with van der Waals surface area (Å²) in [5.41, 5.74) is 1.33. The van der Waals surface area contributed by atoms with Gasteiger partial charge in [-0.3, -0.25) is 14.5 Å². The third-order valence-electron chi connectivity index (χ3n) is 5.41. The lowest BCUT2D eigenvalue weighted by Crippen LogP contribution is -2.50. The molecule has 25 heavy (non-hydrogen) atoms. The third kappa shape index (κ3) is 5.05. The van der Waals surface area contributed by atoms with Gasteiger partial charge in [-0.1, -0.05) is 30.3 Å². The molecular weight excluding hydrogens is 314 g/mol. The Hall–Kier alpha value is -1.88. The number of rotatable bonds is 4. The largest absolute Gasteiger partial charge is 0.352 e. The summed E-state index contributed by atoms with van der Waals surface area (Å²) in [7, 11) is 0. The number of nitrogens with one attached hydrogen (secondary N) is 1. The molecule has 5 heteroatoms. The average molecular weight is 343 g/mol. The Morgan fingerprint density at radius 3 is 2.48 bits per heavy atom. The van der Waals surface area contributed by atoms with Gasteiger partial charge in [-0.2, -0.15) is 0 Å². The Labute approximate surface area is 150 Å². The van der Waals surface area contributed by atoms with Crippen molar-refractivity contribution in [1.82, 2.24) is 15.1 Å². The highest BCUT2D eigenvalue weighted by Gasteiger charge is 2.28. The summed E-state index contributed by atoms with van der Waals surface area (Å²) in [6.45, 7) is 5.98. The Morgan fingerprint density at radius 2 is 1.80 bits per heavy atom. The van der Waals surface area contributed by atoms with E-state index in [0.29, 0.717) is 13.1 Å². The fraction of sp³-hybridized carbons (Fsp3) is 0.600. The van der Waals surface area contributed by atoms with Gasteiger partial charge in [-0.05, 0) is 37.8 Å². The van der Waals surface area contributed by atoms with Crippen LogP contribution < -0.4 is 5.32 Å². The summed E-state index contributed by atoms with van der Waals surface area (Å²) < 4.78 is 0. The number of benzene rings is 1. The van der Waals surface area contributed by atoms with Gasteiger partial charge in [0.05, 0.1) is 0 Å². The van der Waals surface area contributed by atoms with Crippen LogP contribution in [0.2, 0.25) is 0 Å². The normalized spacial score (nSPS) is 22.6. The molecule has 1 aromatic rings. The van der Waals surface area contributed by atoms with Crippen molar-refractivity contribution in [3.63, 3.8) is 0 Å². The number of carbonyl (C=O) groups is 2. The summed E-state index contributed by atoms with van der Waals surface area (Å²) in [4.78, 5) is 28.2. The minimum absolute atomic E-state index is 0.0556. The summed E-state index contributed by atoms with van der Waals surface area (Å²) in [5.74, 6) is 0.345. The molecule has 2 amide bonds. The smallest absolute Gasteiger partial charge is 0.223 e. The predicted molar refractivity (Wildman–Crippen MR) is 97.9 cm³/mol. The molecule has 0 bridgehead atoms. The third-order valence-corrected chi connectivity index (χ3v) is 5.41. The molecule has 1 aromatic carbocycles. The van der Waals surface area contributed by atoms with Gasteiger partial charge in [0.25, 0.3) is 0 Å². The zero-order chi connectivity index (χ0) is 17.6. The van der Waals surface area contributed by atoms with Crippen LogP contribution in [0.4, 0.5) is 0 Å². The first-order valence-corrected chi connectivity index (χ1v) is 9.44. The number of hydrogen-bond acceptors (Lipinski definition) is 3. The lowest BCUT2D eigenvalue weighted by molar-refractivity contribution is -0.134. The highest BCUT2D eigenvalue weighted by Crippen LogP contribution is 2.19. The first-order chi connectivity index (χ1) is 12.1. The maximum Gasteiger partial charge on any atom is 0.223 e. The highest BCUT2D eigenvalue weighted by molar-refractivity contribution is 5.79. The van der Waals surface area contributed by atoms with Crippen molar-refractivity contribution >= 4 is 11.8 Å². The van der Waals surface area contributed by atoms with E-state index in [1.807, 2.05) is 11.0 Å². The topological polar surface area (TPSA) is 52.7 Å². The average Bonchev–Trinajstić information content (AvgIpc) is 2.63. The fourth-order valence-corrected chi connectivity index (χ4v) is 3.93. The standard InChI is InChI=1S/C20H29N3O2/c1-16(24)23-12-9-18(10-13-23)20(25)21-19-8-5-11-22(15-19)14-17-6-3-2-4-7-17/h2-4,6-7,18-19H,5,8-15H2,1H3,(H,21,25)/t19-/m1/s1. The van der Waals surface area contributed by atoms with Gasteiger partial charge in [0.2, 0.25) is 11.8 Å². The van der Waals surface area contributed by atoms with Crippen LogP contribution in [0, 0.1) is 5.92 Å². The second-order valence-electron chi connectivity index (χ2n) is 7.35. The van der Waals surface area contributed by atoms with Gasteiger partial charge >= 0.3 is 0 Å². The van der Waals surface area contributed by atoms with Gasteiger partial charge in [0.1, 0.15) is 0 Å². The second kappa shape index (κ2) is 8.48. The summed E-state index contributed by atoms with van der Waals surface area (Å²) in [6.07, 6.45) is 3.75. The Morgan fingerprint density at radius 1 is 1.08 bits per heavy atom. The van der Waals surface area contributed by atoms with E-state index < -0.39 is 0 Å². The molecule has 2 fully saturated rings. The maximum absolute atomic E-state index is 12.6. The Bertz CT molecular complexity index is 582. The van der Waals surface area contributed by atoms with E-state index in [4.69, 9.17) is 0 Å². The molecular formula is C20H29N3O2. The summed E-state index contributed by atoms with van der Waals surface area (Å²) in [5, 5.41) is 3.26. The number of hydrogen-bond donors (Lipinski definition) is 1. The highest BCUT2D eigenvalue weighted by atomic mass is 16.2. The SMILES string of the molecule is CC(=O)N1CCC(C(=O)N[C@@H]2CCCN(Cc3ccccc3)C2)CC1. The number of likely N-dealkylation sites (tertiary alicyclic amines) is 2. The van der Waals surface area contributed by atoms with E-state index in [1.54, 1.807) is 6.92 Å². The number of nitrogens with zero attached hydrogens (tertiary/aromatic N) is 2. The van der Waals surface area contributed by atoms with Gasteiger partial charge in [0, 0.05) is 45.1 Å². The molecule has 2 heterocycles. The van der Waals surface area contributed by atoms with Crippen molar-refractivity contribution in [3.8, 4) is 0 Å². The summed E-state index contributed by atoms with van der Waals surface area (Å²) >= 11 is 0. The number of carbonyl (C=O) groups excluding carboxylic acids is 2. The molecule has 1 atom stereocenters. The molecule has 2 saturated heterocycles. The molecule has 0 spiro atoms. The molecule has 2 aliphatic rings. The first-order valence-electron chi connectivity index (χ1n) is 9.44. The predicted octanol–water partition coefficient (Wildman–Crippen LogP) is 2.03. The lowest BCUT2D eigenvalue weighted by Gasteiger charge is -2.35. The van der Waals surface area contributed by atoms with Crippen LogP contribution in [0.3, 0.4) is 0 Å². The minimum Gasteiger partial charge on any atom is -0.352 e. The minimum atomic E-state index is 0.0556. The van der Waals surface area contributed by atoms with E-state index >= 15 is 0 Å². The van der Waals surface area contributed by atoms with E-state index in [9.17, 15) is 9.59 Å². The molecule has 0 radical (unpaired) electrons. The van der Waals surface area contributed by atoms with E-state index in [1.165, 1.54) is 5.56 Å². The van der Waals surface area contributed by atoms with E-state index in [-0.39, 0.29) is 23.8 Å². The number of piperidine rings is 2. The van der Waals surface area contributed by atoms with Gasteiger partial charge in [-0.15, -0.1) is 0 Å². The first kappa shape index (κ1) is 17.9. The Balaban J connectivity index is 1.46. The zero-order valence-corrected chi connectivity index (χ0v) is 15.1. The molecule has 0 aromatic heterocycles. The fourth-order valence-electron chi connectivity index (χ4n) is 3.93. The van der Waals surface area contributed by atoms with Crippen LogP contribution in [0.15, 0.2) is 30.3 Å². The van der Waals surface area contributed by atoms with Crippen LogP contribution in [0.5, 0.6) is 0 Å². The zero-order valence-electron chi connectivity index (χ0n) is 15.1. The molecule has 136 valence electrons. The Kier molecular flexibility index (Phi) is 6.08. The lowest BCUT2D eigenvalue weighted by atomic mass is 9.95. The van der Waals surface area contributed by atoms with Crippen LogP contribution in [0.25, 0.3) is 0 Å². The molecule has 0 unspecified atom stereocenters. The molecule has 3 rings (SSSR count). The van der Waals surface area contributed by atoms with Crippen LogP contribution >= 0.6 is 0 Å². The van der Waals surface area contributed by atoms with Crippen LogP contribution in [0.1, 0.15) is 38.2 Å². The van der Waals surface area contributed by atoms with Crippen molar-refractivity contribution in [3.05, 3.63) is 35.9 Å². The van der Waals surface area contributed by atoms with Crippen molar-refractivity contribution in [2.24, 2.45) is 5.92 Å². The van der Waals surface area contributed by atoms with Crippen molar-refractivity contribution in [2.45, 2.75) is 45.2 Å². The van der Waals surface area contributed by atoms with E-state index in [0.717, 1.165) is 45.3 Å². The maximum atomic E-state index is 12.6. The summed E-state index contributed by atoms with van der Waals surface area (Å²) in [6, 6.07) is 10.8. The van der Waals surface area contributed by atoms with Crippen molar-refractivity contribution in [2.75, 3.05) is 26.2 Å². The quantitative estimate of drug-likeness (QED) is 0.910. The van der Waals surface area contributed by atoms with E-state index in [2.05, 4.69) is 34.5 Å².